The largest absolute Gasteiger partial charge is 0.361 e. The van der Waals surface area contributed by atoms with E-state index >= 15 is 0 Å². The molecule has 1 saturated carbocycles. The Balaban J connectivity index is 1.69. The number of hydrogen-bond donors (Lipinski definition) is 1. The maximum atomic E-state index is 5.16. The monoisotopic (exact) mass is 249 g/mol. The summed E-state index contributed by atoms with van der Waals surface area (Å²) in [5.41, 5.74) is 1.35. The van der Waals surface area contributed by atoms with Crippen LogP contribution in [0.1, 0.15) is 38.1 Å². The molecule has 2 atom stereocenters. The summed E-state index contributed by atoms with van der Waals surface area (Å²) in [6.07, 6.45) is 2.77. The van der Waals surface area contributed by atoms with Crippen molar-refractivity contribution in [2.75, 3.05) is 13.1 Å². The van der Waals surface area contributed by atoms with Crippen LogP contribution in [0.15, 0.2) is 10.6 Å². The van der Waals surface area contributed by atoms with Crippen molar-refractivity contribution in [3.05, 3.63) is 17.5 Å². The molecule has 1 N–H and O–H groups in total. The van der Waals surface area contributed by atoms with Crippen molar-refractivity contribution >= 4 is 0 Å². The van der Waals surface area contributed by atoms with E-state index < -0.39 is 0 Å². The molecule has 1 saturated heterocycles. The molecule has 2 heterocycles. The molecular formula is C14H23N3O. The maximum absolute atomic E-state index is 5.16. The average molecular weight is 249 g/mol. The standard InChI is InChI=1S/C14H23N3O/c1-10-7-15-14(3,12-4-5-12)9-17(10)8-13-6-11(2)18-16-13/h6,10,12,15H,4-5,7-9H2,1-3H3. The molecule has 100 valence electrons. The Hall–Kier alpha value is -0.870. The Morgan fingerprint density at radius 1 is 1.56 bits per heavy atom. The molecule has 0 radical (unpaired) electrons. The summed E-state index contributed by atoms with van der Waals surface area (Å²) in [6, 6.07) is 2.61. The second-order valence-corrected chi connectivity index (χ2v) is 6.26. The first-order chi connectivity index (χ1) is 8.57. The topological polar surface area (TPSA) is 41.3 Å². The van der Waals surface area contributed by atoms with Crippen LogP contribution >= 0.6 is 0 Å². The summed E-state index contributed by atoms with van der Waals surface area (Å²) >= 11 is 0. The van der Waals surface area contributed by atoms with Crippen molar-refractivity contribution in [3.63, 3.8) is 0 Å². The summed E-state index contributed by atoms with van der Waals surface area (Å²) in [6.45, 7) is 9.70. The highest BCUT2D eigenvalue weighted by molar-refractivity contribution is 5.07. The van der Waals surface area contributed by atoms with Gasteiger partial charge >= 0.3 is 0 Å². The van der Waals surface area contributed by atoms with Gasteiger partial charge in [-0.05, 0) is 39.5 Å². The fourth-order valence-electron chi connectivity index (χ4n) is 3.05. The van der Waals surface area contributed by atoms with Crippen LogP contribution in [0, 0.1) is 12.8 Å². The third kappa shape index (κ3) is 2.31. The van der Waals surface area contributed by atoms with E-state index in [0.29, 0.717) is 11.6 Å². The first-order valence-electron chi connectivity index (χ1n) is 6.98. The average Bonchev–Trinajstić information content (AvgIpc) is 3.10. The highest BCUT2D eigenvalue weighted by Crippen LogP contribution is 2.41. The van der Waals surface area contributed by atoms with Gasteiger partial charge in [-0.15, -0.1) is 0 Å². The number of piperazine rings is 1. The Bertz CT molecular complexity index is 426. The number of hydrogen-bond acceptors (Lipinski definition) is 4. The van der Waals surface area contributed by atoms with E-state index in [-0.39, 0.29) is 0 Å². The first kappa shape index (κ1) is 12.2. The lowest BCUT2D eigenvalue weighted by molar-refractivity contribution is 0.0751. The first-order valence-corrected chi connectivity index (χ1v) is 6.98. The summed E-state index contributed by atoms with van der Waals surface area (Å²) < 4.78 is 5.16. The van der Waals surface area contributed by atoms with Gasteiger partial charge in [-0.1, -0.05) is 5.16 Å². The summed E-state index contributed by atoms with van der Waals surface area (Å²) in [5, 5.41) is 7.86. The zero-order valence-corrected chi connectivity index (χ0v) is 11.6. The summed E-state index contributed by atoms with van der Waals surface area (Å²) in [5.74, 6) is 1.77. The summed E-state index contributed by atoms with van der Waals surface area (Å²) in [4.78, 5) is 2.53. The Morgan fingerprint density at radius 2 is 2.33 bits per heavy atom. The predicted octanol–water partition coefficient (Wildman–Crippen LogP) is 1.95. The minimum Gasteiger partial charge on any atom is -0.361 e. The molecule has 4 heteroatoms. The van der Waals surface area contributed by atoms with Crippen LogP contribution in [-0.2, 0) is 6.54 Å². The Kier molecular flexibility index (Phi) is 2.94. The molecule has 0 bridgehead atoms. The SMILES string of the molecule is Cc1cc(CN2CC(C)(C3CC3)NCC2C)no1. The molecule has 0 spiro atoms. The van der Waals surface area contributed by atoms with Gasteiger partial charge in [0.25, 0.3) is 0 Å². The fraction of sp³-hybridized carbons (Fsp3) is 0.786. The molecule has 0 amide bonds. The smallest absolute Gasteiger partial charge is 0.133 e. The molecule has 2 unspecified atom stereocenters. The number of aromatic nitrogens is 1. The van der Waals surface area contributed by atoms with E-state index in [1.165, 1.54) is 12.8 Å². The molecular weight excluding hydrogens is 226 g/mol. The lowest BCUT2D eigenvalue weighted by Crippen LogP contribution is -2.62. The van der Waals surface area contributed by atoms with Gasteiger partial charge in [0.05, 0.1) is 5.69 Å². The molecule has 1 aromatic rings. The van der Waals surface area contributed by atoms with Crippen molar-refractivity contribution in [1.29, 1.82) is 0 Å². The number of nitrogens with zero attached hydrogens (tertiary/aromatic N) is 2. The molecule has 1 aromatic heterocycles. The lowest BCUT2D eigenvalue weighted by atomic mass is 9.91. The molecule has 1 aliphatic heterocycles. The number of rotatable bonds is 3. The van der Waals surface area contributed by atoms with Gasteiger partial charge < -0.3 is 9.84 Å². The van der Waals surface area contributed by atoms with Crippen molar-refractivity contribution in [2.45, 2.75) is 51.7 Å². The van der Waals surface area contributed by atoms with Gasteiger partial charge in [-0.25, -0.2) is 0 Å². The van der Waals surface area contributed by atoms with Crippen LogP contribution in [0.3, 0.4) is 0 Å². The van der Waals surface area contributed by atoms with Crippen LogP contribution in [0.2, 0.25) is 0 Å². The third-order valence-electron chi connectivity index (χ3n) is 4.48. The third-order valence-corrected chi connectivity index (χ3v) is 4.48. The molecule has 4 nitrogen and oxygen atoms in total. The van der Waals surface area contributed by atoms with E-state index in [0.717, 1.165) is 37.0 Å². The zero-order chi connectivity index (χ0) is 12.8. The van der Waals surface area contributed by atoms with Gasteiger partial charge in [-0.3, -0.25) is 4.90 Å². The van der Waals surface area contributed by atoms with Gasteiger partial charge in [0.15, 0.2) is 0 Å². The highest BCUT2D eigenvalue weighted by atomic mass is 16.5. The predicted molar refractivity (Wildman–Crippen MR) is 70.2 cm³/mol. The lowest BCUT2D eigenvalue weighted by Gasteiger charge is -2.45. The van der Waals surface area contributed by atoms with E-state index in [9.17, 15) is 0 Å². The van der Waals surface area contributed by atoms with Crippen LogP contribution < -0.4 is 5.32 Å². The minimum absolute atomic E-state index is 0.297. The molecule has 3 rings (SSSR count). The maximum Gasteiger partial charge on any atom is 0.133 e. The quantitative estimate of drug-likeness (QED) is 0.889. The van der Waals surface area contributed by atoms with Crippen LogP contribution in [0.5, 0.6) is 0 Å². The van der Waals surface area contributed by atoms with E-state index in [1.54, 1.807) is 0 Å². The minimum atomic E-state index is 0.297. The van der Waals surface area contributed by atoms with Crippen molar-refractivity contribution in [2.24, 2.45) is 5.92 Å². The van der Waals surface area contributed by atoms with Crippen LogP contribution in [-0.4, -0.2) is 34.7 Å². The van der Waals surface area contributed by atoms with Crippen molar-refractivity contribution < 1.29 is 4.52 Å². The number of aryl methyl sites for hydroxylation is 1. The molecule has 0 aromatic carbocycles. The highest BCUT2D eigenvalue weighted by Gasteiger charge is 2.45. The van der Waals surface area contributed by atoms with E-state index in [2.05, 4.69) is 29.2 Å². The van der Waals surface area contributed by atoms with Gasteiger partial charge in [0, 0.05) is 37.3 Å². The molecule has 18 heavy (non-hydrogen) atoms. The van der Waals surface area contributed by atoms with E-state index in [4.69, 9.17) is 4.52 Å². The van der Waals surface area contributed by atoms with Crippen LogP contribution in [0.25, 0.3) is 0 Å². The second-order valence-electron chi connectivity index (χ2n) is 6.26. The molecule has 1 aliphatic carbocycles. The van der Waals surface area contributed by atoms with Gasteiger partial charge in [0.2, 0.25) is 0 Å². The molecule has 2 fully saturated rings. The van der Waals surface area contributed by atoms with Gasteiger partial charge in [0.1, 0.15) is 5.76 Å². The van der Waals surface area contributed by atoms with Crippen molar-refractivity contribution in [1.82, 2.24) is 15.4 Å². The Morgan fingerprint density at radius 3 is 2.94 bits per heavy atom. The summed E-state index contributed by atoms with van der Waals surface area (Å²) in [7, 11) is 0. The van der Waals surface area contributed by atoms with E-state index in [1.807, 2.05) is 13.0 Å². The zero-order valence-electron chi connectivity index (χ0n) is 11.6. The second kappa shape index (κ2) is 4.35. The molecule has 2 aliphatic rings. The van der Waals surface area contributed by atoms with Crippen LogP contribution in [0.4, 0.5) is 0 Å². The number of nitrogens with one attached hydrogen (secondary N) is 1. The Labute approximate surface area is 109 Å². The fourth-order valence-corrected chi connectivity index (χ4v) is 3.05. The van der Waals surface area contributed by atoms with Crippen molar-refractivity contribution in [3.8, 4) is 0 Å². The van der Waals surface area contributed by atoms with Gasteiger partial charge in [-0.2, -0.15) is 0 Å². The normalized spacial score (nSPS) is 33.8.